The van der Waals surface area contributed by atoms with Crippen LogP contribution in [-0.2, 0) is 5.41 Å². The maximum atomic E-state index is 10.6. The van der Waals surface area contributed by atoms with Crippen LogP contribution in [0.5, 0.6) is 0 Å². The number of rotatable bonds is 1. The molecule has 0 fully saturated rings. The average molecular weight is 204 g/mol. The minimum atomic E-state index is -0.385. The quantitative estimate of drug-likeness (QED) is 0.565. The molecule has 0 atom stereocenters. The highest BCUT2D eigenvalue weighted by atomic mass is 16.6. The minimum absolute atomic E-state index is 0.00425. The SMILES string of the molecule is CC1(C)C[C]Nc2cc([N+](=O)[O-])ccc21. The fraction of sp³-hybridized carbons (Fsp3) is 0.364. The molecule has 0 bridgehead atoms. The van der Waals surface area contributed by atoms with E-state index in [-0.39, 0.29) is 16.0 Å². The van der Waals surface area contributed by atoms with Crippen molar-refractivity contribution >= 4 is 11.4 Å². The molecule has 1 aromatic rings. The highest BCUT2D eigenvalue weighted by molar-refractivity contribution is 5.62. The third-order valence-electron chi connectivity index (χ3n) is 2.70. The summed E-state index contributed by atoms with van der Waals surface area (Å²) in [6, 6.07) is 4.93. The van der Waals surface area contributed by atoms with Crippen molar-refractivity contribution in [2.24, 2.45) is 0 Å². The van der Waals surface area contributed by atoms with Crippen LogP contribution in [0.3, 0.4) is 0 Å². The van der Waals surface area contributed by atoms with E-state index in [1.54, 1.807) is 12.1 Å². The summed E-state index contributed by atoms with van der Waals surface area (Å²) in [5.41, 5.74) is 2.00. The molecule has 1 aliphatic heterocycles. The molecule has 0 saturated carbocycles. The summed E-state index contributed by atoms with van der Waals surface area (Å²) in [4.78, 5) is 10.2. The number of hydrogen-bond acceptors (Lipinski definition) is 3. The Kier molecular flexibility index (Phi) is 2.14. The molecular formula is C11H12N2O2. The van der Waals surface area contributed by atoms with Crippen LogP contribution in [0.25, 0.3) is 0 Å². The first-order chi connectivity index (χ1) is 7.00. The van der Waals surface area contributed by atoms with Crippen molar-refractivity contribution < 1.29 is 4.92 Å². The van der Waals surface area contributed by atoms with Gasteiger partial charge in [0.05, 0.1) is 11.5 Å². The fourth-order valence-electron chi connectivity index (χ4n) is 1.79. The second-order valence-electron chi connectivity index (χ2n) is 4.35. The number of hydrogen-bond donors (Lipinski definition) is 1. The van der Waals surface area contributed by atoms with Crippen molar-refractivity contribution in [3.63, 3.8) is 0 Å². The Balaban J connectivity index is 2.50. The minimum Gasteiger partial charge on any atom is -0.374 e. The zero-order valence-electron chi connectivity index (χ0n) is 8.70. The molecule has 1 aromatic carbocycles. The van der Waals surface area contributed by atoms with Gasteiger partial charge in [0, 0.05) is 17.8 Å². The first-order valence-electron chi connectivity index (χ1n) is 4.78. The summed E-state index contributed by atoms with van der Waals surface area (Å²) in [5.74, 6) is 0. The van der Waals surface area contributed by atoms with Gasteiger partial charge in [-0.05, 0) is 23.5 Å². The smallest absolute Gasteiger partial charge is 0.271 e. The lowest BCUT2D eigenvalue weighted by Crippen LogP contribution is -2.25. The van der Waals surface area contributed by atoms with Crippen molar-refractivity contribution in [3.8, 4) is 0 Å². The summed E-state index contributed by atoms with van der Waals surface area (Å²) < 4.78 is 0. The van der Waals surface area contributed by atoms with Crippen molar-refractivity contribution in [2.75, 3.05) is 5.32 Å². The second-order valence-corrected chi connectivity index (χ2v) is 4.35. The van der Waals surface area contributed by atoms with E-state index in [1.165, 1.54) is 0 Å². The zero-order chi connectivity index (χ0) is 11.1. The van der Waals surface area contributed by atoms with Gasteiger partial charge in [0.25, 0.3) is 5.69 Å². The van der Waals surface area contributed by atoms with Gasteiger partial charge in [0.15, 0.2) is 0 Å². The molecular weight excluding hydrogens is 192 g/mol. The Bertz CT molecular complexity index is 413. The maximum absolute atomic E-state index is 10.6. The van der Waals surface area contributed by atoms with Crippen molar-refractivity contribution in [2.45, 2.75) is 25.7 Å². The Labute approximate surface area is 88.5 Å². The monoisotopic (exact) mass is 204 g/mol. The predicted octanol–water partition coefficient (Wildman–Crippen LogP) is 2.73. The van der Waals surface area contributed by atoms with Crippen molar-refractivity contribution in [3.05, 3.63) is 40.4 Å². The predicted molar refractivity (Wildman–Crippen MR) is 57.6 cm³/mol. The van der Waals surface area contributed by atoms with Crippen LogP contribution in [0.2, 0.25) is 0 Å². The van der Waals surface area contributed by atoms with E-state index in [4.69, 9.17) is 0 Å². The third kappa shape index (κ3) is 1.67. The van der Waals surface area contributed by atoms with Crippen LogP contribution >= 0.6 is 0 Å². The van der Waals surface area contributed by atoms with E-state index in [9.17, 15) is 10.1 Å². The van der Waals surface area contributed by atoms with Crippen molar-refractivity contribution in [1.29, 1.82) is 0 Å². The van der Waals surface area contributed by atoms with Gasteiger partial charge in [-0.25, -0.2) is 0 Å². The highest BCUT2D eigenvalue weighted by Crippen LogP contribution is 2.39. The number of nitro groups is 1. The van der Waals surface area contributed by atoms with Gasteiger partial charge < -0.3 is 5.32 Å². The van der Waals surface area contributed by atoms with Gasteiger partial charge in [-0.2, -0.15) is 0 Å². The van der Waals surface area contributed by atoms with Crippen LogP contribution in [0.15, 0.2) is 18.2 Å². The summed E-state index contributed by atoms with van der Waals surface area (Å²) >= 11 is 0. The third-order valence-corrected chi connectivity index (χ3v) is 2.70. The first-order valence-corrected chi connectivity index (χ1v) is 4.78. The second kappa shape index (κ2) is 3.22. The van der Waals surface area contributed by atoms with Crippen LogP contribution in [0, 0.1) is 16.7 Å². The zero-order valence-corrected chi connectivity index (χ0v) is 8.70. The number of nitro benzene ring substituents is 1. The van der Waals surface area contributed by atoms with Gasteiger partial charge in [0.1, 0.15) is 0 Å². The van der Waals surface area contributed by atoms with Crippen molar-refractivity contribution in [1.82, 2.24) is 0 Å². The van der Waals surface area contributed by atoms with Gasteiger partial charge in [0.2, 0.25) is 0 Å². The average Bonchev–Trinajstić information content (AvgIpc) is 2.16. The lowest BCUT2D eigenvalue weighted by atomic mass is 9.78. The molecule has 1 N–H and O–H groups in total. The molecule has 0 aliphatic carbocycles. The first kappa shape index (κ1) is 9.96. The van der Waals surface area contributed by atoms with E-state index < -0.39 is 0 Å². The molecule has 0 spiro atoms. The Hall–Kier alpha value is -1.58. The molecule has 1 heterocycles. The standard InChI is InChI=1S/C11H12N2O2/c1-11(2)5-6-12-10-7-8(13(14)15)3-4-9(10)11/h3-4,7,12H,5H2,1-2H3. The molecule has 1 aliphatic rings. The van der Waals surface area contributed by atoms with E-state index in [0.717, 1.165) is 17.7 Å². The van der Waals surface area contributed by atoms with E-state index in [2.05, 4.69) is 25.7 Å². The number of anilines is 1. The number of nitrogens with zero attached hydrogens (tertiary/aromatic N) is 1. The van der Waals surface area contributed by atoms with Crippen LogP contribution < -0.4 is 5.32 Å². The molecule has 4 nitrogen and oxygen atoms in total. The maximum Gasteiger partial charge on any atom is 0.271 e. The normalized spacial score (nSPS) is 17.7. The largest absolute Gasteiger partial charge is 0.374 e. The topological polar surface area (TPSA) is 55.2 Å². The number of non-ortho nitro benzene ring substituents is 1. The molecule has 15 heavy (non-hydrogen) atoms. The Morgan fingerprint density at radius 2 is 2.27 bits per heavy atom. The number of nitrogens with one attached hydrogen (secondary N) is 1. The van der Waals surface area contributed by atoms with Crippen LogP contribution in [0.1, 0.15) is 25.8 Å². The van der Waals surface area contributed by atoms with E-state index in [1.807, 2.05) is 6.07 Å². The lowest BCUT2D eigenvalue weighted by Gasteiger charge is -2.32. The summed E-state index contributed by atoms with van der Waals surface area (Å²) in [7, 11) is 0. The van der Waals surface area contributed by atoms with Gasteiger partial charge in [-0.1, -0.05) is 13.8 Å². The molecule has 2 radical (unpaired) electrons. The van der Waals surface area contributed by atoms with Crippen LogP contribution in [0.4, 0.5) is 11.4 Å². The summed E-state index contributed by atoms with van der Waals surface area (Å²) in [5, 5.41) is 13.6. The molecule has 2 rings (SSSR count). The molecule has 0 aromatic heterocycles. The van der Waals surface area contributed by atoms with E-state index >= 15 is 0 Å². The Morgan fingerprint density at radius 1 is 1.53 bits per heavy atom. The van der Waals surface area contributed by atoms with Gasteiger partial charge in [-0.3, -0.25) is 10.1 Å². The Morgan fingerprint density at radius 3 is 2.93 bits per heavy atom. The summed E-state index contributed by atoms with van der Waals surface area (Å²) in [6.07, 6.45) is 0.803. The van der Waals surface area contributed by atoms with Crippen LogP contribution in [-0.4, -0.2) is 4.92 Å². The number of benzene rings is 1. The van der Waals surface area contributed by atoms with Gasteiger partial charge >= 0.3 is 0 Å². The summed E-state index contributed by atoms with van der Waals surface area (Å²) in [6.45, 7) is 7.23. The van der Waals surface area contributed by atoms with E-state index in [0.29, 0.717) is 0 Å². The lowest BCUT2D eigenvalue weighted by molar-refractivity contribution is -0.384. The molecule has 78 valence electrons. The number of fused-ring (bicyclic) bond motifs is 1. The fourth-order valence-corrected chi connectivity index (χ4v) is 1.79. The molecule has 0 unspecified atom stereocenters. The molecule has 4 heteroatoms. The molecule has 0 saturated heterocycles. The van der Waals surface area contributed by atoms with Gasteiger partial charge in [-0.15, -0.1) is 0 Å². The molecule has 0 amide bonds. The highest BCUT2D eigenvalue weighted by Gasteiger charge is 2.28.